The highest BCUT2D eigenvalue weighted by atomic mass is 32.2. The summed E-state index contributed by atoms with van der Waals surface area (Å²) in [6.07, 6.45) is 3.50. The lowest BCUT2D eigenvalue weighted by Crippen LogP contribution is -2.25. The summed E-state index contributed by atoms with van der Waals surface area (Å²) in [5.41, 5.74) is 4.22. The van der Waals surface area contributed by atoms with Crippen LogP contribution in [-0.4, -0.2) is 29.9 Å². The van der Waals surface area contributed by atoms with Gasteiger partial charge in [-0.3, -0.25) is 4.79 Å². The normalized spacial score (nSPS) is 11.8. The summed E-state index contributed by atoms with van der Waals surface area (Å²) in [5, 5.41) is 7.04. The van der Waals surface area contributed by atoms with Crippen LogP contribution in [0, 0.1) is 0 Å². The Labute approximate surface area is 184 Å². The molecule has 0 spiro atoms. The summed E-state index contributed by atoms with van der Waals surface area (Å²) in [7, 11) is -3.62. The predicted octanol–water partition coefficient (Wildman–Crippen LogP) is 4.67. The van der Waals surface area contributed by atoms with Gasteiger partial charge in [-0.2, -0.15) is 5.10 Å². The Morgan fingerprint density at radius 1 is 0.968 bits per heavy atom. The van der Waals surface area contributed by atoms with Gasteiger partial charge >= 0.3 is 0 Å². The third-order valence-corrected chi connectivity index (χ3v) is 6.56. The van der Waals surface area contributed by atoms with Crippen molar-refractivity contribution in [2.75, 3.05) is 11.1 Å². The topological polar surface area (TPSA) is 81.1 Å². The van der Waals surface area contributed by atoms with Crippen molar-refractivity contribution < 1.29 is 13.2 Å². The zero-order chi connectivity index (χ0) is 22.6. The van der Waals surface area contributed by atoms with Crippen LogP contribution in [0.25, 0.3) is 5.69 Å². The van der Waals surface area contributed by atoms with Gasteiger partial charge in [0.05, 0.1) is 11.4 Å². The van der Waals surface area contributed by atoms with Crippen molar-refractivity contribution in [3.05, 3.63) is 77.6 Å². The van der Waals surface area contributed by atoms with Crippen LogP contribution in [0.2, 0.25) is 0 Å². The molecule has 7 heteroatoms. The van der Waals surface area contributed by atoms with Gasteiger partial charge in [0.15, 0.2) is 9.84 Å². The number of carbonyl (C=O) groups excluding carboxylic acids is 1. The van der Waals surface area contributed by atoms with Crippen LogP contribution in [0.3, 0.4) is 0 Å². The van der Waals surface area contributed by atoms with Crippen molar-refractivity contribution in [2.24, 2.45) is 0 Å². The standard InChI is InChI=1S/C24H29N3O3S/c1-17(2)21-7-5-8-22(18(3)4)24(21)26-23(28)16-31(29,30)15-19-9-11-20(12-10-19)27-14-6-13-25-27/h5-14,17-18H,15-16H2,1-4H3,(H,26,28). The van der Waals surface area contributed by atoms with Crippen LogP contribution >= 0.6 is 0 Å². The summed E-state index contributed by atoms with van der Waals surface area (Å²) < 4.78 is 27.0. The van der Waals surface area contributed by atoms with Gasteiger partial charge in [0.2, 0.25) is 5.91 Å². The lowest BCUT2D eigenvalue weighted by atomic mass is 9.92. The van der Waals surface area contributed by atoms with E-state index in [0.717, 1.165) is 22.5 Å². The maximum atomic E-state index is 12.7. The number of hydrogen-bond acceptors (Lipinski definition) is 4. The molecule has 1 aromatic heterocycles. The molecule has 1 heterocycles. The van der Waals surface area contributed by atoms with Crippen LogP contribution in [0.4, 0.5) is 5.69 Å². The fourth-order valence-corrected chi connectivity index (χ4v) is 4.82. The largest absolute Gasteiger partial charge is 0.325 e. The summed E-state index contributed by atoms with van der Waals surface area (Å²) >= 11 is 0. The number of aromatic nitrogens is 2. The zero-order valence-corrected chi connectivity index (χ0v) is 19.2. The van der Waals surface area contributed by atoms with Crippen LogP contribution < -0.4 is 5.32 Å². The van der Waals surface area contributed by atoms with Crippen molar-refractivity contribution in [1.82, 2.24) is 9.78 Å². The van der Waals surface area contributed by atoms with E-state index >= 15 is 0 Å². The van der Waals surface area contributed by atoms with Crippen molar-refractivity contribution in [3.8, 4) is 5.69 Å². The second kappa shape index (κ2) is 9.47. The summed E-state index contributed by atoms with van der Waals surface area (Å²) in [6.45, 7) is 8.22. The van der Waals surface area contributed by atoms with Crippen molar-refractivity contribution in [2.45, 2.75) is 45.3 Å². The molecule has 0 saturated carbocycles. The van der Waals surface area contributed by atoms with E-state index in [2.05, 4.69) is 38.1 Å². The lowest BCUT2D eigenvalue weighted by molar-refractivity contribution is -0.113. The molecule has 2 aromatic carbocycles. The summed E-state index contributed by atoms with van der Waals surface area (Å²) in [4.78, 5) is 12.7. The Hall–Kier alpha value is -2.93. The minimum absolute atomic E-state index is 0.192. The maximum absolute atomic E-state index is 12.7. The molecule has 1 N–H and O–H groups in total. The van der Waals surface area contributed by atoms with Gasteiger partial charge < -0.3 is 5.32 Å². The van der Waals surface area contributed by atoms with Gasteiger partial charge in [-0.1, -0.05) is 58.0 Å². The fourth-order valence-electron chi connectivity index (χ4n) is 3.54. The molecule has 0 fully saturated rings. The van der Waals surface area contributed by atoms with Crippen LogP contribution in [-0.2, 0) is 20.4 Å². The number of para-hydroxylation sites is 1. The Morgan fingerprint density at radius 2 is 1.58 bits per heavy atom. The van der Waals surface area contributed by atoms with Gasteiger partial charge in [0.25, 0.3) is 0 Å². The second-order valence-electron chi connectivity index (χ2n) is 8.32. The average Bonchev–Trinajstić information content (AvgIpc) is 3.22. The molecule has 0 aliphatic rings. The third kappa shape index (κ3) is 5.82. The lowest BCUT2D eigenvalue weighted by Gasteiger charge is -2.20. The molecule has 0 aliphatic heterocycles. The molecule has 0 radical (unpaired) electrons. The fraction of sp³-hybridized carbons (Fsp3) is 0.333. The van der Waals surface area contributed by atoms with Crippen molar-refractivity contribution in [1.29, 1.82) is 0 Å². The molecule has 164 valence electrons. The molecular weight excluding hydrogens is 410 g/mol. The van der Waals surface area contributed by atoms with Gasteiger partial charge in [-0.15, -0.1) is 0 Å². The molecule has 0 bridgehead atoms. The minimum atomic E-state index is -3.62. The molecule has 1 amide bonds. The summed E-state index contributed by atoms with van der Waals surface area (Å²) in [6, 6.07) is 14.9. The highest BCUT2D eigenvalue weighted by Crippen LogP contribution is 2.32. The molecule has 6 nitrogen and oxygen atoms in total. The van der Waals surface area contributed by atoms with E-state index in [-0.39, 0.29) is 17.6 Å². The van der Waals surface area contributed by atoms with E-state index in [0.29, 0.717) is 5.56 Å². The Balaban J connectivity index is 1.72. The number of carbonyl (C=O) groups is 1. The maximum Gasteiger partial charge on any atom is 0.239 e. The Kier molecular flexibility index (Phi) is 6.95. The van der Waals surface area contributed by atoms with E-state index in [1.807, 2.05) is 42.6 Å². The van der Waals surface area contributed by atoms with Gasteiger partial charge in [-0.05, 0) is 46.7 Å². The quantitative estimate of drug-likeness (QED) is 0.553. The highest BCUT2D eigenvalue weighted by molar-refractivity contribution is 7.91. The molecule has 3 aromatic rings. The first-order valence-corrected chi connectivity index (χ1v) is 12.2. The molecule has 0 saturated heterocycles. The van der Waals surface area contributed by atoms with Crippen molar-refractivity contribution in [3.63, 3.8) is 0 Å². The zero-order valence-electron chi connectivity index (χ0n) is 18.4. The molecular formula is C24H29N3O3S. The molecule has 31 heavy (non-hydrogen) atoms. The Morgan fingerprint density at radius 3 is 2.10 bits per heavy atom. The SMILES string of the molecule is CC(C)c1cccc(C(C)C)c1NC(=O)CS(=O)(=O)Cc1ccc(-n2cccn2)cc1. The first-order valence-electron chi connectivity index (χ1n) is 10.4. The number of nitrogens with zero attached hydrogens (tertiary/aromatic N) is 2. The van der Waals surface area contributed by atoms with Crippen molar-refractivity contribution >= 4 is 21.4 Å². The number of benzene rings is 2. The molecule has 0 unspecified atom stereocenters. The van der Waals surface area contributed by atoms with Crippen LogP contribution in [0.1, 0.15) is 56.2 Å². The second-order valence-corrected chi connectivity index (χ2v) is 10.4. The van der Waals surface area contributed by atoms with E-state index in [4.69, 9.17) is 0 Å². The van der Waals surface area contributed by atoms with E-state index < -0.39 is 21.5 Å². The minimum Gasteiger partial charge on any atom is -0.325 e. The van der Waals surface area contributed by atoms with Gasteiger partial charge in [-0.25, -0.2) is 13.1 Å². The third-order valence-electron chi connectivity index (χ3n) is 5.08. The number of rotatable bonds is 8. The van der Waals surface area contributed by atoms with E-state index in [9.17, 15) is 13.2 Å². The van der Waals surface area contributed by atoms with Crippen LogP contribution in [0.15, 0.2) is 60.9 Å². The molecule has 0 atom stereocenters. The Bertz CT molecular complexity index is 1110. The number of hydrogen-bond donors (Lipinski definition) is 1. The number of nitrogens with one attached hydrogen (secondary N) is 1. The molecule has 3 rings (SSSR count). The van der Waals surface area contributed by atoms with Gasteiger partial charge in [0.1, 0.15) is 5.75 Å². The molecule has 0 aliphatic carbocycles. The summed E-state index contributed by atoms with van der Waals surface area (Å²) in [5.74, 6) is -0.846. The number of amides is 1. The van der Waals surface area contributed by atoms with E-state index in [1.165, 1.54) is 0 Å². The number of anilines is 1. The smallest absolute Gasteiger partial charge is 0.239 e. The number of sulfone groups is 1. The predicted molar refractivity (Wildman–Crippen MR) is 124 cm³/mol. The van der Waals surface area contributed by atoms with Crippen LogP contribution in [0.5, 0.6) is 0 Å². The highest BCUT2D eigenvalue weighted by Gasteiger charge is 2.21. The first kappa shape index (κ1) is 22.7. The monoisotopic (exact) mass is 439 g/mol. The van der Waals surface area contributed by atoms with Gasteiger partial charge in [0, 0.05) is 18.1 Å². The first-order chi connectivity index (χ1) is 14.7. The average molecular weight is 440 g/mol. The van der Waals surface area contributed by atoms with E-state index in [1.54, 1.807) is 23.0 Å².